The van der Waals surface area contributed by atoms with E-state index in [1.165, 1.54) is 6.07 Å². The molecule has 0 unspecified atom stereocenters. The number of hydrogen-bond donors (Lipinski definition) is 1. The fraction of sp³-hybridized carbons (Fsp3) is 0.571. The molecule has 0 heterocycles. The number of halogens is 1. The summed E-state index contributed by atoms with van der Waals surface area (Å²) in [5, 5.41) is 0. The van der Waals surface area contributed by atoms with E-state index in [2.05, 4.69) is 4.90 Å². The molecule has 0 saturated heterocycles. The lowest BCUT2D eigenvalue weighted by molar-refractivity contribution is 0.177. The zero-order valence-corrected chi connectivity index (χ0v) is 11.0. The molecule has 0 bridgehead atoms. The van der Waals surface area contributed by atoms with Gasteiger partial charge in [-0.1, -0.05) is 6.07 Å². The summed E-state index contributed by atoms with van der Waals surface area (Å²) >= 11 is 0. The molecule has 1 aromatic rings. The standard InChI is InChI=1S/C14H21FN2O/c1-17(8-10-5-12(16)6-10)9-11-3-4-13(18-2)7-14(11)15/h3-4,7,10,12H,5-6,8-9,16H2,1-2H3. The molecule has 0 radical (unpaired) electrons. The van der Waals surface area contributed by atoms with Crippen LogP contribution in [0.1, 0.15) is 18.4 Å². The number of methoxy groups -OCH3 is 1. The van der Waals surface area contributed by atoms with Crippen LogP contribution in [0.4, 0.5) is 4.39 Å². The fourth-order valence-corrected chi connectivity index (χ4v) is 2.52. The van der Waals surface area contributed by atoms with Gasteiger partial charge in [0.2, 0.25) is 0 Å². The number of hydrogen-bond acceptors (Lipinski definition) is 3. The van der Waals surface area contributed by atoms with Crippen molar-refractivity contribution in [2.45, 2.75) is 25.4 Å². The molecule has 0 amide bonds. The van der Waals surface area contributed by atoms with E-state index in [-0.39, 0.29) is 5.82 Å². The van der Waals surface area contributed by atoms with Crippen molar-refractivity contribution in [1.29, 1.82) is 0 Å². The number of ether oxygens (including phenoxy) is 1. The first kappa shape index (κ1) is 13.3. The lowest BCUT2D eigenvalue weighted by Crippen LogP contribution is -2.41. The van der Waals surface area contributed by atoms with Crippen LogP contribution in [0, 0.1) is 11.7 Å². The van der Waals surface area contributed by atoms with Crippen LogP contribution in [0.3, 0.4) is 0 Å². The lowest BCUT2D eigenvalue weighted by Gasteiger charge is -2.35. The maximum Gasteiger partial charge on any atom is 0.131 e. The minimum Gasteiger partial charge on any atom is -0.497 e. The third-order valence-electron chi connectivity index (χ3n) is 3.54. The molecule has 1 saturated carbocycles. The van der Waals surface area contributed by atoms with Crippen LogP contribution in [-0.4, -0.2) is 31.6 Å². The van der Waals surface area contributed by atoms with E-state index in [0.29, 0.717) is 29.8 Å². The van der Waals surface area contributed by atoms with Crippen molar-refractivity contribution in [2.24, 2.45) is 11.7 Å². The van der Waals surface area contributed by atoms with Gasteiger partial charge in [-0.25, -0.2) is 4.39 Å². The second kappa shape index (κ2) is 5.67. The third-order valence-corrected chi connectivity index (χ3v) is 3.54. The van der Waals surface area contributed by atoms with Gasteiger partial charge < -0.3 is 15.4 Å². The highest BCUT2D eigenvalue weighted by atomic mass is 19.1. The maximum atomic E-state index is 13.8. The Kier molecular flexibility index (Phi) is 4.19. The SMILES string of the molecule is COc1ccc(CN(C)CC2CC(N)C2)c(F)c1. The third kappa shape index (κ3) is 3.21. The molecule has 2 N–H and O–H groups in total. The number of nitrogens with zero attached hydrogens (tertiary/aromatic N) is 1. The molecule has 1 aromatic carbocycles. The summed E-state index contributed by atoms with van der Waals surface area (Å²) in [6, 6.07) is 5.40. The molecule has 0 atom stereocenters. The lowest BCUT2D eigenvalue weighted by atomic mass is 9.80. The quantitative estimate of drug-likeness (QED) is 0.871. The molecule has 0 aromatic heterocycles. The van der Waals surface area contributed by atoms with E-state index in [0.717, 1.165) is 19.4 Å². The van der Waals surface area contributed by atoms with Gasteiger partial charge >= 0.3 is 0 Å². The van der Waals surface area contributed by atoms with Crippen molar-refractivity contribution in [3.63, 3.8) is 0 Å². The Hall–Kier alpha value is -1.13. The predicted octanol–water partition coefficient (Wildman–Crippen LogP) is 2.00. The van der Waals surface area contributed by atoms with Crippen LogP contribution in [0.5, 0.6) is 5.75 Å². The molecule has 1 fully saturated rings. The largest absolute Gasteiger partial charge is 0.497 e. The molecule has 0 aliphatic heterocycles. The molecule has 0 spiro atoms. The summed E-state index contributed by atoms with van der Waals surface area (Å²) in [5.74, 6) is 1.03. The Labute approximate surface area is 108 Å². The molecule has 1 aliphatic rings. The molecule has 1 aliphatic carbocycles. The van der Waals surface area contributed by atoms with Crippen LogP contribution in [0.15, 0.2) is 18.2 Å². The minimum absolute atomic E-state index is 0.202. The minimum atomic E-state index is -0.202. The zero-order valence-electron chi connectivity index (χ0n) is 11.0. The van der Waals surface area contributed by atoms with Gasteiger partial charge in [0.05, 0.1) is 7.11 Å². The molecule has 2 rings (SSSR count). The first-order valence-corrected chi connectivity index (χ1v) is 6.35. The van der Waals surface area contributed by atoms with Crippen molar-refractivity contribution in [1.82, 2.24) is 4.90 Å². The number of nitrogens with two attached hydrogens (primary N) is 1. The van der Waals surface area contributed by atoms with E-state index in [9.17, 15) is 4.39 Å². The van der Waals surface area contributed by atoms with Crippen molar-refractivity contribution in [3.05, 3.63) is 29.6 Å². The predicted molar refractivity (Wildman–Crippen MR) is 70.0 cm³/mol. The Morgan fingerprint density at radius 1 is 1.44 bits per heavy atom. The van der Waals surface area contributed by atoms with Crippen LogP contribution < -0.4 is 10.5 Å². The summed E-state index contributed by atoms with van der Waals surface area (Å²) in [6.45, 7) is 1.61. The van der Waals surface area contributed by atoms with E-state index in [4.69, 9.17) is 10.5 Å². The zero-order chi connectivity index (χ0) is 13.1. The monoisotopic (exact) mass is 252 g/mol. The van der Waals surface area contributed by atoms with Gasteiger partial charge in [0.25, 0.3) is 0 Å². The maximum absolute atomic E-state index is 13.8. The van der Waals surface area contributed by atoms with Crippen molar-refractivity contribution < 1.29 is 9.13 Å². The van der Waals surface area contributed by atoms with Gasteiger partial charge in [0.15, 0.2) is 0 Å². The van der Waals surface area contributed by atoms with Gasteiger partial charge in [-0.2, -0.15) is 0 Å². The first-order chi connectivity index (χ1) is 8.58. The Balaban J connectivity index is 1.88. The summed E-state index contributed by atoms with van der Waals surface area (Å²) in [6.07, 6.45) is 2.19. The highest BCUT2D eigenvalue weighted by Gasteiger charge is 2.26. The van der Waals surface area contributed by atoms with Crippen LogP contribution >= 0.6 is 0 Å². The first-order valence-electron chi connectivity index (χ1n) is 6.35. The second-order valence-corrected chi connectivity index (χ2v) is 5.25. The summed E-state index contributed by atoms with van der Waals surface area (Å²) in [4.78, 5) is 2.15. The van der Waals surface area contributed by atoms with Gasteiger partial charge in [0.1, 0.15) is 11.6 Å². The molecule has 100 valence electrons. The molecular weight excluding hydrogens is 231 g/mol. The topological polar surface area (TPSA) is 38.5 Å². The van der Waals surface area contributed by atoms with E-state index >= 15 is 0 Å². The average Bonchev–Trinajstić information content (AvgIpc) is 2.30. The molecular formula is C14H21FN2O. The molecule has 18 heavy (non-hydrogen) atoms. The van der Waals surface area contributed by atoms with Crippen LogP contribution in [0.2, 0.25) is 0 Å². The number of rotatable bonds is 5. The van der Waals surface area contributed by atoms with Gasteiger partial charge in [-0.15, -0.1) is 0 Å². The fourth-order valence-electron chi connectivity index (χ4n) is 2.52. The van der Waals surface area contributed by atoms with Gasteiger partial charge in [-0.3, -0.25) is 0 Å². The van der Waals surface area contributed by atoms with Gasteiger partial charge in [-0.05, 0) is 31.9 Å². The van der Waals surface area contributed by atoms with Gasteiger partial charge in [0, 0.05) is 30.8 Å². The van der Waals surface area contributed by atoms with E-state index in [1.54, 1.807) is 19.2 Å². The van der Waals surface area contributed by atoms with Crippen LogP contribution in [0.25, 0.3) is 0 Å². The smallest absolute Gasteiger partial charge is 0.131 e. The van der Waals surface area contributed by atoms with Crippen molar-refractivity contribution in [3.8, 4) is 5.75 Å². The number of benzene rings is 1. The summed E-state index contributed by atoms with van der Waals surface area (Å²) in [5.41, 5.74) is 6.47. The Morgan fingerprint density at radius 3 is 2.72 bits per heavy atom. The summed E-state index contributed by atoms with van der Waals surface area (Å²) in [7, 11) is 3.56. The highest BCUT2D eigenvalue weighted by molar-refractivity contribution is 5.28. The molecule has 3 nitrogen and oxygen atoms in total. The normalized spacial score (nSPS) is 22.9. The summed E-state index contributed by atoms with van der Waals surface area (Å²) < 4.78 is 18.8. The second-order valence-electron chi connectivity index (χ2n) is 5.25. The average molecular weight is 252 g/mol. The van der Waals surface area contributed by atoms with E-state index < -0.39 is 0 Å². The Morgan fingerprint density at radius 2 is 2.17 bits per heavy atom. The van der Waals surface area contributed by atoms with E-state index in [1.807, 2.05) is 7.05 Å². The van der Waals surface area contributed by atoms with Crippen molar-refractivity contribution in [2.75, 3.05) is 20.7 Å². The van der Waals surface area contributed by atoms with Crippen LogP contribution in [-0.2, 0) is 6.54 Å². The Bertz CT molecular complexity index is 405. The molecule has 4 heteroatoms. The highest BCUT2D eigenvalue weighted by Crippen LogP contribution is 2.26. The van der Waals surface area contributed by atoms with Crippen molar-refractivity contribution >= 4 is 0 Å².